The third kappa shape index (κ3) is 6.06. The zero-order valence-corrected chi connectivity index (χ0v) is 20.1. The van der Waals surface area contributed by atoms with Gasteiger partial charge < -0.3 is 0 Å². The monoisotopic (exact) mass is 402 g/mol. The second-order valence-corrected chi connectivity index (χ2v) is 10.6. The SMILES string of the molecule is CCCCc1ccc(C([SiH2]C2=C(CC)C=CC2)c2ccc(CCCC)cc2)cc1. The van der Waals surface area contributed by atoms with Crippen molar-refractivity contribution in [1.29, 1.82) is 0 Å². The summed E-state index contributed by atoms with van der Waals surface area (Å²) < 4.78 is 0. The minimum atomic E-state index is -0.392. The van der Waals surface area contributed by atoms with E-state index in [2.05, 4.69) is 81.5 Å². The van der Waals surface area contributed by atoms with Crippen LogP contribution in [-0.4, -0.2) is 9.52 Å². The van der Waals surface area contributed by atoms with Crippen molar-refractivity contribution in [2.45, 2.75) is 77.7 Å². The van der Waals surface area contributed by atoms with E-state index < -0.39 is 9.52 Å². The van der Waals surface area contributed by atoms with Crippen molar-refractivity contribution in [1.82, 2.24) is 0 Å². The molecule has 1 aliphatic rings. The molecule has 0 spiro atoms. The Hall–Kier alpha value is -1.86. The molecule has 0 bridgehead atoms. The number of aryl methyl sites for hydroxylation is 2. The van der Waals surface area contributed by atoms with Crippen molar-refractivity contribution in [3.63, 3.8) is 0 Å². The number of benzene rings is 2. The summed E-state index contributed by atoms with van der Waals surface area (Å²) in [6.07, 6.45) is 14.6. The summed E-state index contributed by atoms with van der Waals surface area (Å²) in [4.78, 5) is 0. The van der Waals surface area contributed by atoms with Gasteiger partial charge in [-0.15, -0.1) is 0 Å². The first kappa shape index (κ1) is 21.8. The summed E-state index contributed by atoms with van der Waals surface area (Å²) in [7, 11) is -0.392. The van der Waals surface area contributed by atoms with Crippen LogP contribution in [0.1, 0.15) is 87.1 Å². The van der Waals surface area contributed by atoms with Crippen LogP contribution in [0, 0.1) is 0 Å². The molecule has 0 saturated carbocycles. The van der Waals surface area contributed by atoms with Crippen LogP contribution >= 0.6 is 0 Å². The van der Waals surface area contributed by atoms with Gasteiger partial charge in [0.25, 0.3) is 0 Å². The van der Waals surface area contributed by atoms with Gasteiger partial charge in [-0.1, -0.05) is 105 Å². The predicted molar refractivity (Wildman–Crippen MR) is 132 cm³/mol. The first-order valence-corrected chi connectivity index (χ1v) is 13.3. The summed E-state index contributed by atoms with van der Waals surface area (Å²) in [6.45, 7) is 6.85. The van der Waals surface area contributed by atoms with Crippen molar-refractivity contribution in [3.8, 4) is 0 Å². The zero-order chi connectivity index (χ0) is 20.5. The van der Waals surface area contributed by atoms with E-state index in [0.717, 1.165) is 0 Å². The maximum absolute atomic E-state index is 2.42. The highest BCUT2D eigenvalue weighted by Crippen LogP contribution is 2.31. The number of hydrogen-bond donors (Lipinski definition) is 0. The minimum Gasteiger partial charge on any atom is -0.0806 e. The molecule has 154 valence electrons. The van der Waals surface area contributed by atoms with Crippen molar-refractivity contribution in [2.75, 3.05) is 0 Å². The molecule has 1 heteroatoms. The van der Waals surface area contributed by atoms with Gasteiger partial charge in [-0.2, -0.15) is 0 Å². The lowest BCUT2D eigenvalue weighted by molar-refractivity contribution is 0.794. The van der Waals surface area contributed by atoms with Crippen LogP contribution in [0.15, 0.2) is 71.5 Å². The topological polar surface area (TPSA) is 0 Å². The molecule has 0 nitrogen and oxygen atoms in total. The number of allylic oxidation sites excluding steroid dienone is 4. The van der Waals surface area contributed by atoms with Crippen LogP contribution in [0.5, 0.6) is 0 Å². The molecule has 0 unspecified atom stereocenters. The Balaban J connectivity index is 1.85. The molecule has 0 aliphatic heterocycles. The predicted octanol–water partition coefficient (Wildman–Crippen LogP) is 7.25. The van der Waals surface area contributed by atoms with Gasteiger partial charge in [0.15, 0.2) is 0 Å². The van der Waals surface area contributed by atoms with E-state index in [-0.39, 0.29) is 0 Å². The van der Waals surface area contributed by atoms with E-state index in [1.807, 2.05) is 0 Å². The minimum absolute atomic E-state index is 0.392. The van der Waals surface area contributed by atoms with Crippen LogP contribution < -0.4 is 0 Å². The highest BCUT2D eigenvalue weighted by molar-refractivity contribution is 6.48. The van der Waals surface area contributed by atoms with Gasteiger partial charge >= 0.3 is 0 Å². The highest BCUT2D eigenvalue weighted by atomic mass is 28.2. The molecule has 29 heavy (non-hydrogen) atoms. The normalized spacial score (nSPS) is 14.1. The van der Waals surface area contributed by atoms with Crippen LogP contribution in [0.3, 0.4) is 0 Å². The first-order valence-electron chi connectivity index (χ1n) is 11.8. The Labute approximate surface area is 181 Å². The van der Waals surface area contributed by atoms with Crippen LogP contribution in [0.4, 0.5) is 0 Å². The quantitative estimate of drug-likeness (QED) is 0.347. The Morgan fingerprint density at radius 3 is 1.72 bits per heavy atom. The maximum atomic E-state index is 2.42. The van der Waals surface area contributed by atoms with E-state index in [0.29, 0.717) is 5.54 Å². The van der Waals surface area contributed by atoms with Gasteiger partial charge in [-0.25, -0.2) is 0 Å². The Bertz CT molecular complexity index is 757. The lowest BCUT2D eigenvalue weighted by Crippen LogP contribution is -2.13. The van der Waals surface area contributed by atoms with Gasteiger partial charge in [-0.3, -0.25) is 0 Å². The Morgan fingerprint density at radius 2 is 1.28 bits per heavy atom. The lowest BCUT2D eigenvalue weighted by atomic mass is 9.99. The van der Waals surface area contributed by atoms with Crippen LogP contribution in [-0.2, 0) is 12.8 Å². The molecule has 0 N–H and O–H groups in total. The largest absolute Gasteiger partial charge is 0.0806 e. The third-order valence-electron chi connectivity index (χ3n) is 6.37. The van der Waals surface area contributed by atoms with Crippen LogP contribution in [0.2, 0.25) is 0 Å². The van der Waals surface area contributed by atoms with Gasteiger partial charge in [-0.05, 0) is 60.8 Å². The third-order valence-corrected chi connectivity index (χ3v) is 8.96. The molecule has 0 fully saturated rings. The lowest BCUT2D eigenvalue weighted by Gasteiger charge is -2.20. The molecule has 0 radical (unpaired) electrons. The van der Waals surface area contributed by atoms with Gasteiger partial charge in [0, 0.05) is 5.54 Å². The molecule has 0 saturated heterocycles. The van der Waals surface area contributed by atoms with Crippen molar-refractivity contribution < 1.29 is 0 Å². The Kier molecular flexibility index (Phi) is 8.55. The van der Waals surface area contributed by atoms with E-state index >= 15 is 0 Å². The zero-order valence-electron chi connectivity index (χ0n) is 18.7. The molecular weight excluding hydrogens is 364 g/mol. The molecule has 3 rings (SSSR count). The number of hydrogen-bond acceptors (Lipinski definition) is 0. The summed E-state index contributed by atoms with van der Waals surface area (Å²) >= 11 is 0. The molecule has 0 amide bonds. The molecule has 0 aromatic heterocycles. The number of unbranched alkanes of at least 4 members (excludes halogenated alkanes) is 2. The summed E-state index contributed by atoms with van der Waals surface area (Å²) in [5, 5.41) is 1.77. The van der Waals surface area contributed by atoms with Crippen LogP contribution in [0.25, 0.3) is 0 Å². The van der Waals surface area contributed by atoms with Crippen molar-refractivity contribution >= 4 is 9.52 Å². The fraction of sp³-hybridized carbons (Fsp3) is 0.429. The summed E-state index contributed by atoms with van der Waals surface area (Å²) in [5.74, 6) is 0. The standard InChI is InChI=1S/C28H38Si/c1-4-7-10-22-14-18-25(19-15-22)28(29-27-13-9-12-24(27)6-3)26-20-16-23(17-21-26)11-8-5-2/h9,12,14-21,28H,4-8,10-11,13,29H2,1-3H3. The van der Waals surface area contributed by atoms with Crippen molar-refractivity contribution in [3.05, 3.63) is 93.7 Å². The summed E-state index contributed by atoms with van der Waals surface area (Å²) in [5.41, 5.74) is 8.22. The van der Waals surface area contributed by atoms with Crippen molar-refractivity contribution in [2.24, 2.45) is 0 Å². The second kappa shape index (κ2) is 11.4. The van der Waals surface area contributed by atoms with E-state index in [4.69, 9.17) is 0 Å². The van der Waals surface area contributed by atoms with Gasteiger partial charge in [0.1, 0.15) is 0 Å². The fourth-order valence-electron chi connectivity index (χ4n) is 4.44. The average molecular weight is 403 g/mol. The highest BCUT2D eigenvalue weighted by Gasteiger charge is 2.19. The smallest absolute Gasteiger partial charge is 0.0635 e. The molecule has 2 aromatic rings. The van der Waals surface area contributed by atoms with Gasteiger partial charge in [0.2, 0.25) is 0 Å². The van der Waals surface area contributed by atoms with E-state index in [1.54, 1.807) is 10.8 Å². The van der Waals surface area contributed by atoms with E-state index in [9.17, 15) is 0 Å². The molecule has 1 aliphatic carbocycles. The second-order valence-electron chi connectivity index (χ2n) is 8.54. The summed E-state index contributed by atoms with van der Waals surface area (Å²) in [6, 6.07) is 19.2. The maximum Gasteiger partial charge on any atom is 0.0635 e. The average Bonchev–Trinajstić information content (AvgIpc) is 3.23. The molecule has 0 heterocycles. The Morgan fingerprint density at radius 1 is 0.759 bits per heavy atom. The number of rotatable bonds is 11. The first-order chi connectivity index (χ1) is 14.2. The molecule has 0 atom stereocenters. The fourth-order valence-corrected chi connectivity index (χ4v) is 6.92. The molecular formula is C28H38Si. The van der Waals surface area contributed by atoms with Gasteiger partial charge in [0.05, 0.1) is 9.52 Å². The van der Waals surface area contributed by atoms with E-state index in [1.165, 1.54) is 73.6 Å². The molecule has 2 aromatic carbocycles.